The largest absolute Gasteiger partial charge is 0.497 e. The lowest BCUT2D eigenvalue weighted by atomic mass is 9.87. The van der Waals surface area contributed by atoms with Crippen molar-refractivity contribution < 1.29 is 14.6 Å². The van der Waals surface area contributed by atoms with E-state index in [1.807, 2.05) is 26.0 Å². The number of benzene rings is 1. The molecule has 0 saturated heterocycles. The number of rotatable bonds is 1. The SMILES string of the molecule is COc1ccc2c(c1)[C@H](N)[C@@H](O)C(C)(C)O2. The third kappa shape index (κ3) is 1.64. The molecule has 0 amide bonds. The second-order valence-electron chi connectivity index (χ2n) is 4.58. The van der Waals surface area contributed by atoms with Gasteiger partial charge in [0.15, 0.2) is 0 Å². The van der Waals surface area contributed by atoms with Crippen molar-refractivity contribution in [3.8, 4) is 11.5 Å². The standard InChI is InChI=1S/C12H17NO3/c1-12(2)11(14)10(13)8-6-7(15-3)4-5-9(8)16-12/h4-6,10-11,14H,13H2,1-3H3/t10-,11+/m0/s1. The van der Waals surface area contributed by atoms with E-state index in [0.29, 0.717) is 11.5 Å². The number of aliphatic hydroxyl groups excluding tert-OH is 1. The molecule has 1 aromatic carbocycles. The minimum absolute atomic E-state index is 0.450. The fraction of sp³-hybridized carbons (Fsp3) is 0.500. The Morgan fingerprint density at radius 1 is 1.44 bits per heavy atom. The summed E-state index contributed by atoms with van der Waals surface area (Å²) in [6, 6.07) is 4.99. The van der Waals surface area contributed by atoms with E-state index in [-0.39, 0.29) is 0 Å². The average Bonchev–Trinajstić information content (AvgIpc) is 2.25. The van der Waals surface area contributed by atoms with Crippen LogP contribution in [0.25, 0.3) is 0 Å². The van der Waals surface area contributed by atoms with Crippen LogP contribution in [-0.2, 0) is 0 Å². The molecule has 2 atom stereocenters. The maximum absolute atomic E-state index is 10.0. The number of nitrogens with two attached hydrogens (primary N) is 1. The van der Waals surface area contributed by atoms with Crippen LogP contribution in [0.4, 0.5) is 0 Å². The van der Waals surface area contributed by atoms with Crippen LogP contribution in [0, 0.1) is 0 Å². The van der Waals surface area contributed by atoms with E-state index in [0.717, 1.165) is 5.56 Å². The number of aliphatic hydroxyl groups is 1. The molecular weight excluding hydrogens is 206 g/mol. The van der Waals surface area contributed by atoms with E-state index >= 15 is 0 Å². The van der Waals surface area contributed by atoms with Crippen LogP contribution in [0.3, 0.4) is 0 Å². The van der Waals surface area contributed by atoms with Gasteiger partial charge in [0, 0.05) is 5.56 Å². The average molecular weight is 223 g/mol. The topological polar surface area (TPSA) is 64.7 Å². The molecule has 3 N–H and O–H groups in total. The molecule has 4 nitrogen and oxygen atoms in total. The molecule has 2 rings (SSSR count). The summed E-state index contributed by atoms with van der Waals surface area (Å²) in [7, 11) is 1.59. The van der Waals surface area contributed by atoms with Crippen LogP contribution in [0.2, 0.25) is 0 Å². The van der Waals surface area contributed by atoms with Crippen molar-refractivity contribution >= 4 is 0 Å². The van der Waals surface area contributed by atoms with E-state index in [1.54, 1.807) is 13.2 Å². The third-order valence-electron chi connectivity index (χ3n) is 3.00. The lowest BCUT2D eigenvalue weighted by Crippen LogP contribution is -2.51. The van der Waals surface area contributed by atoms with Crippen molar-refractivity contribution in [2.75, 3.05) is 7.11 Å². The smallest absolute Gasteiger partial charge is 0.131 e. The molecule has 0 spiro atoms. The molecule has 16 heavy (non-hydrogen) atoms. The van der Waals surface area contributed by atoms with Crippen LogP contribution < -0.4 is 15.2 Å². The first-order valence-corrected chi connectivity index (χ1v) is 5.26. The quantitative estimate of drug-likeness (QED) is 0.751. The first kappa shape index (κ1) is 11.2. The first-order valence-electron chi connectivity index (χ1n) is 5.26. The van der Waals surface area contributed by atoms with Crippen molar-refractivity contribution in [1.29, 1.82) is 0 Å². The predicted octanol–water partition coefficient (Wildman–Crippen LogP) is 1.23. The van der Waals surface area contributed by atoms with Gasteiger partial charge in [0.1, 0.15) is 23.2 Å². The molecule has 0 unspecified atom stereocenters. The van der Waals surface area contributed by atoms with E-state index < -0.39 is 17.7 Å². The molecule has 1 aliphatic rings. The fourth-order valence-electron chi connectivity index (χ4n) is 1.95. The molecule has 0 bridgehead atoms. The highest BCUT2D eigenvalue weighted by Gasteiger charge is 2.41. The van der Waals surface area contributed by atoms with Gasteiger partial charge in [-0.25, -0.2) is 0 Å². The molecule has 0 fully saturated rings. The Bertz CT molecular complexity index is 403. The number of methoxy groups -OCH3 is 1. The molecule has 1 heterocycles. The maximum atomic E-state index is 10.0. The Morgan fingerprint density at radius 3 is 2.75 bits per heavy atom. The van der Waals surface area contributed by atoms with E-state index in [1.165, 1.54) is 0 Å². The number of ether oxygens (including phenoxy) is 2. The lowest BCUT2D eigenvalue weighted by Gasteiger charge is -2.40. The Morgan fingerprint density at radius 2 is 2.12 bits per heavy atom. The Balaban J connectivity index is 2.47. The van der Waals surface area contributed by atoms with Gasteiger partial charge in [-0.1, -0.05) is 0 Å². The highest BCUT2D eigenvalue weighted by molar-refractivity contribution is 5.45. The summed E-state index contributed by atoms with van der Waals surface area (Å²) in [5.41, 5.74) is 6.12. The Hall–Kier alpha value is -1.26. The summed E-state index contributed by atoms with van der Waals surface area (Å²) >= 11 is 0. The highest BCUT2D eigenvalue weighted by atomic mass is 16.5. The minimum atomic E-state index is -0.730. The highest BCUT2D eigenvalue weighted by Crippen LogP contribution is 2.39. The summed E-state index contributed by atoms with van der Waals surface area (Å²) in [6.07, 6.45) is -0.730. The van der Waals surface area contributed by atoms with Crippen LogP contribution in [0.15, 0.2) is 18.2 Å². The zero-order chi connectivity index (χ0) is 11.9. The minimum Gasteiger partial charge on any atom is -0.497 e. The van der Waals surface area contributed by atoms with Gasteiger partial charge in [0.25, 0.3) is 0 Å². The zero-order valence-electron chi connectivity index (χ0n) is 9.73. The predicted molar refractivity (Wildman–Crippen MR) is 60.6 cm³/mol. The number of fused-ring (bicyclic) bond motifs is 1. The molecule has 0 saturated carbocycles. The van der Waals surface area contributed by atoms with Crippen molar-refractivity contribution in [2.24, 2.45) is 5.73 Å². The van der Waals surface area contributed by atoms with Crippen molar-refractivity contribution in [2.45, 2.75) is 31.6 Å². The lowest BCUT2D eigenvalue weighted by molar-refractivity contribution is -0.0572. The molecular formula is C12H17NO3. The van der Waals surface area contributed by atoms with Gasteiger partial charge in [-0.15, -0.1) is 0 Å². The van der Waals surface area contributed by atoms with Gasteiger partial charge < -0.3 is 20.3 Å². The molecule has 1 aromatic rings. The van der Waals surface area contributed by atoms with Crippen molar-refractivity contribution in [3.63, 3.8) is 0 Å². The fourth-order valence-corrected chi connectivity index (χ4v) is 1.95. The summed E-state index contributed by atoms with van der Waals surface area (Å²) < 4.78 is 10.8. The molecule has 0 aliphatic carbocycles. The Kier molecular flexibility index (Phi) is 2.56. The third-order valence-corrected chi connectivity index (χ3v) is 3.00. The van der Waals surface area contributed by atoms with Gasteiger partial charge in [-0.3, -0.25) is 0 Å². The number of hydrogen-bond donors (Lipinski definition) is 2. The summed E-state index contributed by atoms with van der Waals surface area (Å²) in [6.45, 7) is 3.65. The number of hydrogen-bond acceptors (Lipinski definition) is 4. The van der Waals surface area contributed by atoms with Crippen molar-refractivity contribution in [3.05, 3.63) is 23.8 Å². The second-order valence-corrected chi connectivity index (χ2v) is 4.58. The summed E-state index contributed by atoms with van der Waals surface area (Å²) in [4.78, 5) is 0. The van der Waals surface area contributed by atoms with Gasteiger partial charge in [-0.05, 0) is 32.0 Å². The summed E-state index contributed by atoms with van der Waals surface area (Å²) in [5, 5.41) is 10.0. The normalized spacial score (nSPS) is 26.8. The zero-order valence-corrected chi connectivity index (χ0v) is 9.73. The van der Waals surface area contributed by atoms with Crippen LogP contribution in [-0.4, -0.2) is 23.9 Å². The molecule has 1 aliphatic heterocycles. The van der Waals surface area contributed by atoms with Crippen molar-refractivity contribution in [1.82, 2.24) is 0 Å². The Labute approximate surface area is 95.0 Å². The second kappa shape index (κ2) is 3.64. The van der Waals surface area contributed by atoms with Gasteiger partial charge in [0.05, 0.1) is 13.2 Å². The van der Waals surface area contributed by atoms with E-state index in [2.05, 4.69) is 0 Å². The van der Waals surface area contributed by atoms with Gasteiger partial charge in [0.2, 0.25) is 0 Å². The summed E-state index contributed by atoms with van der Waals surface area (Å²) in [5.74, 6) is 1.42. The van der Waals surface area contributed by atoms with Crippen LogP contribution in [0.5, 0.6) is 11.5 Å². The monoisotopic (exact) mass is 223 g/mol. The maximum Gasteiger partial charge on any atom is 0.131 e. The molecule has 4 heteroatoms. The molecule has 0 radical (unpaired) electrons. The van der Waals surface area contributed by atoms with Gasteiger partial charge >= 0.3 is 0 Å². The molecule has 88 valence electrons. The van der Waals surface area contributed by atoms with E-state index in [4.69, 9.17) is 15.2 Å². The van der Waals surface area contributed by atoms with Gasteiger partial charge in [-0.2, -0.15) is 0 Å². The van der Waals surface area contributed by atoms with Crippen LogP contribution in [0.1, 0.15) is 25.5 Å². The molecule has 0 aromatic heterocycles. The van der Waals surface area contributed by atoms with E-state index in [9.17, 15) is 5.11 Å². The van der Waals surface area contributed by atoms with Crippen LogP contribution >= 0.6 is 0 Å². The first-order chi connectivity index (χ1) is 7.45.